The molecule has 2 rings (SSSR count). The average Bonchev–Trinajstić information content (AvgIpc) is 2.61. The summed E-state index contributed by atoms with van der Waals surface area (Å²) in [7, 11) is 2.81. The normalized spacial score (nSPS) is 16.6. The molecule has 1 heterocycles. The molecular weight excluding hydrogens is 340 g/mol. The summed E-state index contributed by atoms with van der Waals surface area (Å²) in [6.45, 7) is 3.94. The van der Waals surface area contributed by atoms with Crippen molar-refractivity contribution in [2.24, 2.45) is 0 Å². The molecule has 0 aliphatic carbocycles. The van der Waals surface area contributed by atoms with Gasteiger partial charge in [-0.15, -0.1) is 0 Å². The summed E-state index contributed by atoms with van der Waals surface area (Å²) in [5.41, 5.74) is 1.22. The third-order valence-corrected chi connectivity index (χ3v) is 4.06. The Balaban J connectivity index is 2.45. The first-order chi connectivity index (χ1) is 12.4. The van der Waals surface area contributed by atoms with Gasteiger partial charge in [0.25, 0.3) is 0 Å². The number of allylic oxidation sites excluding steroid dienone is 1. The van der Waals surface area contributed by atoms with Gasteiger partial charge in [0.2, 0.25) is 5.75 Å². The van der Waals surface area contributed by atoms with Crippen molar-refractivity contribution in [3.8, 4) is 17.2 Å². The van der Waals surface area contributed by atoms with Crippen molar-refractivity contribution in [3.05, 3.63) is 29.0 Å². The summed E-state index contributed by atoms with van der Waals surface area (Å²) in [5, 5.41) is 15.4. The molecule has 2 amide bonds. The fourth-order valence-electron chi connectivity index (χ4n) is 2.68. The smallest absolute Gasteiger partial charge is 0.338 e. The van der Waals surface area contributed by atoms with Crippen LogP contribution in [0.15, 0.2) is 23.4 Å². The third kappa shape index (κ3) is 4.01. The van der Waals surface area contributed by atoms with E-state index in [2.05, 4.69) is 10.6 Å². The summed E-state index contributed by atoms with van der Waals surface area (Å²) < 4.78 is 15.6. The van der Waals surface area contributed by atoms with Crippen molar-refractivity contribution in [1.29, 1.82) is 0 Å². The number of carbonyl (C=O) groups excluding carboxylic acids is 2. The van der Waals surface area contributed by atoms with Gasteiger partial charge in [0.1, 0.15) is 0 Å². The zero-order chi connectivity index (χ0) is 19.3. The topological polar surface area (TPSA) is 106 Å². The number of benzene rings is 1. The Morgan fingerprint density at radius 2 is 1.85 bits per heavy atom. The van der Waals surface area contributed by atoms with Crippen LogP contribution < -0.4 is 20.1 Å². The quantitative estimate of drug-likeness (QED) is 0.507. The van der Waals surface area contributed by atoms with E-state index in [-0.39, 0.29) is 22.8 Å². The van der Waals surface area contributed by atoms with Crippen LogP contribution in [-0.2, 0) is 9.53 Å². The zero-order valence-electron chi connectivity index (χ0n) is 15.3. The molecule has 0 radical (unpaired) electrons. The van der Waals surface area contributed by atoms with Gasteiger partial charge in [-0.1, -0.05) is 13.3 Å². The number of urea groups is 1. The molecule has 142 valence electrons. The lowest BCUT2D eigenvalue weighted by molar-refractivity contribution is -0.139. The summed E-state index contributed by atoms with van der Waals surface area (Å²) in [6, 6.07) is 1.88. The Labute approximate surface area is 152 Å². The molecular formula is C18H24N2O6. The third-order valence-electron chi connectivity index (χ3n) is 4.06. The molecule has 3 N–H and O–H groups in total. The van der Waals surface area contributed by atoms with Crippen LogP contribution in [0.4, 0.5) is 4.79 Å². The number of phenols is 1. The number of phenolic OH excluding ortho intramolecular Hbond substituents is 1. The second kappa shape index (κ2) is 8.46. The predicted octanol–water partition coefficient (Wildman–Crippen LogP) is 2.38. The fourth-order valence-corrected chi connectivity index (χ4v) is 2.68. The number of esters is 1. The van der Waals surface area contributed by atoms with Gasteiger partial charge in [0.05, 0.1) is 32.4 Å². The standard InChI is InChI=1S/C18H24N2O6/c1-5-6-7-26-17(22)14-10(2)19-18(23)20-15(14)11-8-12(24-3)16(21)13(9-11)25-4/h8-9,15,21H,5-7H2,1-4H3,(H2,19,20,23)/t15-/m0/s1. The zero-order valence-corrected chi connectivity index (χ0v) is 15.3. The molecule has 0 saturated carbocycles. The number of carbonyl (C=O) groups is 2. The van der Waals surface area contributed by atoms with Gasteiger partial charge in [0.15, 0.2) is 11.5 Å². The van der Waals surface area contributed by atoms with Crippen LogP contribution in [0.1, 0.15) is 38.3 Å². The minimum absolute atomic E-state index is 0.160. The molecule has 8 heteroatoms. The summed E-state index contributed by atoms with van der Waals surface area (Å²) in [4.78, 5) is 24.5. The fraction of sp³-hybridized carbons (Fsp3) is 0.444. The molecule has 0 spiro atoms. The van der Waals surface area contributed by atoms with Crippen molar-refractivity contribution >= 4 is 12.0 Å². The van der Waals surface area contributed by atoms with Crippen LogP contribution in [0.5, 0.6) is 17.2 Å². The largest absolute Gasteiger partial charge is 0.502 e. The first-order valence-electron chi connectivity index (χ1n) is 8.33. The first-order valence-corrected chi connectivity index (χ1v) is 8.33. The maximum absolute atomic E-state index is 12.6. The van der Waals surface area contributed by atoms with Gasteiger partial charge in [-0.25, -0.2) is 9.59 Å². The highest BCUT2D eigenvalue weighted by Gasteiger charge is 2.33. The van der Waals surface area contributed by atoms with Crippen LogP contribution in [0.3, 0.4) is 0 Å². The summed E-state index contributed by atoms with van der Waals surface area (Å²) >= 11 is 0. The lowest BCUT2D eigenvalue weighted by Crippen LogP contribution is -2.45. The summed E-state index contributed by atoms with van der Waals surface area (Å²) in [5.74, 6) is -0.335. The van der Waals surface area contributed by atoms with Gasteiger partial charge >= 0.3 is 12.0 Å². The molecule has 1 aromatic rings. The number of ether oxygens (including phenoxy) is 3. The second-order valence-corrected chi connectivity index (χ2v) is 5.83. The number of hydrogen-bond donors (Lipinski definition) is 3. The molecule has 0 bridgehead atoms. The number of unbranched alkanes of at least 4 members (excludes halogenated alkanes) is 1. The molecule has 1 aliphatic heterocycles. The van der Waals surface area contributed by atoms with Gasteiger partial charge in [-0.05, 0) is 31.0 Å². The van der Waals surface area contributed by atoms with Crippen molar-refractivity contribution in [3.63, 3.8) is 0 Å². The molecule has 0 unspecified atom stereocenters. The number of hydrogen-bond acceptors (Lipinski definition) is 6. The Morgan fingerprint density at radius 1 is 1.23 bits per heavy atom. The van der Waals surface area contributed by atoms with E-state index in [0.29, 0.717) is 17.9 Å². The van der Waals surface area contributed by atoms with E-state index in [1.807, 2.05) is 6.92 Å². The van der Waals surface area contributed by atoms with E-state index in [4.69, 9.17) is 14.2 Å². The van der Waals surface area contributed by atoms with Crippen LogP contribution in [-0.4, -0.2) is 37.9 Å². The molecule has 0 fully saturated rings. The van der Waals surface area contributed by atoms with Gasteiger partial charge in [0, 0.05) is 5.70 Å². The Morgan fingerprint density at radius 3 is 2.38 bits per heavy atom. The Kier molecular flexibility index (Phi) is 6.32. The maximum atomic E-state index is 12.6. The molecule has 0 aromatic heterocycles. The molecule has 8 nitrogen and oxygen atoms in total. The van der Waals surface area contributed by atoms with Gasteiger partial charge < -0.3 is 30.0 Å². The number of amides is 2. The number of rotatable bonds is 7. The molecule has 1 aromatic carbocycles. The average molecular weight is 364 g/mol. The minimum atomic E-state index is -0.763. The monoisotopic (exact) mass is 364 g/mol. The van der Waals surface area contributed by atoms with Crippen LogP contribution in [0.25, 0.3) is 0 Å². The number of methoxy groups -OCH3 is 2. The van der Waals surface area contributed by atoms with Crippen molar-refractivity contribution in [2.45, 2.75) is 32.7 Å². The highest BCUT2D eigenvalue weighted by Crippen LogP contribution is 2.40. The van der Waals surface area contributed by atoms with Gasteiger partial charge in [-0.3, -0.25) is 0 Å². The van der Waals surface area contributed by atoms with E-state index in [0.717, 1.165) is 12.8 Å². The Bertz CT molecular complexity index is 703. The molecule has 26 heavy (non-hydrogen) atoms. The number of aromatic hydroxyl groups is 1. The van der Waals surface area contributed by atoms with E-state index in [1.54, 1.807) is 19.1 Å². The van der Waals surface area contributed by atoms with Crippen LogP contribution >= 0.6 is 0 Å². The lowest BCUT2D eigenvalue weighted by atomic mass is 9.95. The number of nitrogens with one attached hydrogen (secondary N) is 2. The molecule has 1 aliphatic rings. The lowest BCUT2D eigenvalue weighted by Gasteiger charge is -2.28. The Hall–Kier alpha value is -2.90. The molecule has 1 atom stereocenters. The summed E-state index contributed by atoms with van der Waals surface area (Å²) in [6.07, 6.45) is 1.65. The molecule has 0 saturated heterocycles. The van der Waals surface area contributed by atoms with E-state index in [1.165, 1.54) is 14.2 Å². The SMILES string of the molecule is CCCCOC(=O)C1=C(C)NC(=O)N[C@H]1c1cc(OC)c(O)c(OC)c1. The van der Waals surface area contributed by atoms with E-state index < -0.39 is 18.0 Å². The van der Waals surface area contributed by atoms with Crippen molar-refractivity contribution in [2.75, 3.05) is 20.8 Å². The van der Waals surface area contributed by atoms with Crippen molar-refractivity contribution < 1.29 is 28.9 Å². The highest BCUT2D eigenvalue weighted by atomic mass is 16.5. The van der Waals surface area contributed by atoms with Gasteiger partial charge in [-0.2, -0.15) is 0 Å². The van der Waals surface area contributed by atoms with E-state index >= 15 is 0 Å². The minimum Gasteiger partial charge on any atom is -0.502 e. The predicted molar refractivity (Wildman–Crippen MR) is 94.2 cm³/mol. The highest BCUT2D eigenvalue weighted by molar-refractivity contribution is 5.95. The first kappa shape index (κ1) is 19.4. The van der Waals surface area contributed by atoms with E-state index in [9.17, 15) is 14.7 Å². The van der Waals surface area contributed by atoms with Crippen LogP contribution in [0, 0.1) is 0 Å². The maximum Gasteiger partial charge on any atom is 0.338 e. The van der Waals surface area contributed by atoms with Crippen LogP contribution in [0.2, 0.25) is 0 Å². The van der Waals surface area contributed by atoms with Crippen molar-refractivity contribution in [1.82, 2.24) is 10.6 Å². The second-order valence-electron chi connectivity index (χ2n) is 5.83.